The van der Waals surface area contributed by atoms with E-state index in [0.29, 0.717) is 52.6 Å². The lowest BCUT2D eigenvalue weighted by Gasteiger charge is -2.39. The maximum atomic E-state index is 14.8. The first-order chi connectivity index (χ1) is 19.3. The molecule has 6 rings (SSSR count). The second-order valence-electron chi connectivity index (χ2n) is 9.55. The zero-order valence-electron chi connectivity index (χ0n) is 21.2. The highest BCUT2D eigenvalue weighted by molar-refractivity contribution is 6.69. The van der Waals surface area contributed by atoms with Crippen LogP contribution in [0.5, 0.6) is 0 Å². The van der Waals surface area contributed by atoms with Gasteiger partial charge in [-0.3, -0.25) is 4.79 Å². The van der Waals surface area contributed by atoms with Crippen molar-refractivity contribution < 1.29 is 13.6 Å². The highest BCUT2D eigenvalue weighted by Gasteiger charge is 2.31. The molecule has 0 radical (unpaired) electrons. The van der Waals surface area contributed by atoms with Crippen LogP contribution in [0.3, 0.4) is 0 Å². The van der Waals surface area contributed by atoms with Crippen LogP contribution >= 0.6 is 23.2 Å². The number of allylic oxidation sites excluding steroid dienone is 5. The number of rotatable bonds is 5. The van der Waals surface area contributed by atoms with Crippen molar-refractivity contribution in [2.75, 3.05) is 25.5 Å². The number of anilines is 2. The van der Waals surface area contributed by atoms with Crippen LogP contribution in [0.25, 0.3) is 11.1 Å². The summed E-state index contributed by atoms with van der Waals surface area (Å²) in [7, 11) is 1.86. The minimum absolute atomic E-state index is 0.0796. The average Bonchev–Trinajstić information content (AvgIpc) is 3.08. The van der Waals surface area contributed by atoms with E-state index in [1.807, 2.05) is 13.1 Å². The second-order valence-corrected chi connectivity index (χ2v) is 10.3. The number of benzene rings is 2. The Hall–Kier alpha value is -3.92. The molecule has 0 bridgehead atoms. The topological polar surface area (TPSA) is 82.5 Å². The molecule has 3 aliphatic rings. The van der Waals surface area contributed by atoms with Gasteiger partial charge in [0.2, 0.25) is 5.95 Å². The lowest BCUT2D eigenvalue weighted by atomic mass is 9.84. The molecule has 2 aromatic carbocycles. The van der Waals surface area contributed by atoms with Crippen LogP contribution < -0.4 is 10.6 Å². The Morgan fingerprint density at radius 2 is 1.85 bits per heavy atom. The molecular formula is C29H22Cl2F2N6O. The number of nitrogens with zero attached hydrogens (tertiary/aromatic N) is 4. The number of likely N-dealkylation sites (tertiary alicyclic amines) is 1. The van der Waals surface area contributed by atoms with Gasteiger partial charge in [-0.05, 0) is 61.0 Å². The molecule has 0 spiro atoms. The van der Waals surface area contributed by atoms with E-state index in [-0.39, 0.29) is 34.2 Å². The quantitative estimate of drug-likeness (QED) is 0.402. The number of fused-ring (bicyclic) bond motifs is 3. The maximum Gasteiger partial charge on any atom is 0.255 e. The average molecular weight is 579 g/mol. The van der Waals surface area contributed by atoms with Crippen LogP contribution in [0.4, 0.5) is 20.4 Å². The highest BCUT2D eigenvalue weighted by atomic mass is 35.5. The standard InChI is InChI=1S/C29H22Cl2F2N6O/c1-34-17-13-39(14-17)28(40)20-9-16(6-8-22(20)30)37-29-36-11-15-5-7-18-19(26-23(32)3-2-4-24(26)33)10-25(31)35-12-21(18)27(15)38-29/h2-4,6-12,17,34H,5,13-14H2,1H3,(H,36,37,38). The van der Waals surface area contributed by atoms with E-state index < -0.39 is 11.6 Å². The Morgan fingerprint density at radius 3 is 2.60 bits per heavy atom. The maximum absolute atomic E-state index is 14.8. The molecular weight excluding hydrogens is 557 g/mol. The van der Waals surface area contributed by atoms with Crippen LogP contribution in [0.1, 0.15) is 27.2 Å². The smallest absolute Gasteiger partial charge is 0.255 e. The zero-order chi connectivity index (χ0) is 28.0. The Morgan fingerprint density at radius 1 is 1.07 bits per heavy atom. The molecule has 3 aromatic rings. The van der Waals surface area contributed by atoms with E-state index in [9.17, 15) is 13.6 Å². The predicted octanol–water partition coefficient (Wildman–Crippen LogP) is 5.75. The summed E-state index contributed by atoms with van der Waals surface area (Å²) >= 11 is 12.6. The van der Waals surface area contributed by atoms with Crippen molar-refractivity contribution in [3.8, 4) is 0 Å². The molecule has 7 nitrogen and oxygen atoms in total. The third kappa shape index (κ3) is 4.81. The molecule has 40 heavy (non-hydrogen) atoms. The van der Waals surface area contributed by atoms with Crippen LogP contribution in [0.2, 0.25) is 5.02 Å². The number of aromatic nitrogens is 2. The summed E-state index contributed by atoms with van der Waals surface area (Å²) < 4.78 is 29.6. The number of nitrogens with one attached hydrogen (secondary N) is 2. The highest BCUT2D eigenvalue weighted by Crippen LogP contribution is 2.41. The molecule has 3 heterocycles. The SMILES string of the molecule is CNC1CN(C(=O)c2cc(Nc3ncc4c(n3)C3=CN=C(Cl)C=C(c5c(F)cccc5F)C3=CC4)ccc2Cl)C1. The van der Waals surface area contributed by atoms with Crippen molar-refractivity contribution in [2.45, 2.75) is 12.5 Å². The number of likely N-dealkylation sites (N-methyl/N-ethyl adjacent to an activating group) is 1. The van der Waals surface area contributed by atoms with Gasteiger partial charge in [0.1, 0.15) is 16.8 Å². The first-order valence-corrected chi connectivity index (χ1v) is 13.3. The van der Waals surface area contributed by atoms with Crippen molar-refractivity contribution in [1.29, 1.82) is 0 Å². The fourth-order valence-electron chi connectivity index (χ4n) is 4.90. The molecule has 1 aliphatic carbocycles. The summed E-state index contributed by atoms with van der Waals surface area (Å²) in [5, 5.41) is 6.72. The Bertz CT molecular complexity index is 1660. The molecule has 0 unspecified atom stereocenters. The van der Waals surface area contributed by atoms with Crippen LogP contribution in [-0.4, -0.2) is 52.1 Å². The van der Waals surface area contributed by atoms with Crippen molar-refractivity contribution in [3.63, 3.8) is 0 Å². The summed E-state index contributed by atoms with van der Waals surface area (Å²) in [6.07, 6.45) is 6.97. The molecule has 0 atom stereocenters. The monoisotopic (exact) mass is 578 g/mol. The van der Waals surface area contributed by atoms with Crippen LogP contribution in [0, 0.1) is 11.6 Å². The van der Waals surface area contributed by atoms with Crippen molar-refractivity contribution in [1.82, 2.24) is 20.2 Å². The number of carbonyl (C=O) groups is 1. The largest absolute Gasteiger partial charge is 0.335 e. The van der Waals surface area contributed by atoms with Gasteiger partial charge < -0.3 is 15.5 Å². The third-order valence-electron chi connectivity index (χ3n) is 7.07. The minimum Gasteiger partial charge on any atom is -0.335 e. The number of aliphatic imine (C=N–C) groups is 1. The molecule has 1 saturated heterocycles. The van der Waals surface area contributed by atoms with Crippen molar-refractivity contribution in [2.24, 2.45) is 4.99 Å². The molecule has 1 amide bonds. The van der Waals surface area contributed by atoms with E-state index >= 15 is 0 Å². The van der Waals surface area contributed by atoms with Crippen LogP contribution in [0.15, 0.2) is 71.5 Å². The zero-order valence-corrected chi connectivity index (χ0v) is 22.7. The van der Waals surface area contributed by atoms with Crippen LogP contribution in [-0.2, 0) is 6.42 Å². The van der Waals surface area contributed by atoms with Gasteiger partial charge in [0.25, 0.3) is 5.91 Å². The summed E-state index contributed by atoms with van der Waals surface area (Å²) in [5.41, 5.74) is 3.53. The lowest BCUT2D eigenvalue weighted by Crippen LogP contribution is -2.58. The van der Waals surface area contributed by atoms with Gasteiger partial charge in [-0.2, -0.15) is 0 Å². The normalized spacial score (nSPS) is 16.5. The molecule has 11 heteroatoms. The van der Waals surface area contributed by atoms with E-state index in [0.717, 1.165) is 5.56 Å². The second kappa shape index (κ2) is 10.6. The van der Waals surface area contributed by atoms with Gasteiger partial charge in [-0.15, -0.1) is 0 Å². The fraction of sp³-hybridized carbons (Fsp3) is 0.172. The molecule has 1 aromatic heterocycles. The molecule has 202 valence electrons. The number of amides is 1. The molecule has 1 fully saturated rings. The Balaban J connectivity index is 1.32. The molecule has 2 aliphatic heterocycles. The number of hydrogen-bond donors (Lipinski definition) is 2. The Labute approximate surface area is 238 Å². The number of carbonyl (C=O) groups excluding carboxylic acids is 1. The Kier molecular flexibility index (Phi) is 6.95. The van der Waals surface area contributed by atoms with Crippen molar-refractivity contribution in [3.05, 3.63) is 106 Å². The first kappa shape index (κ1) is 26.3. The summed E-state index contributed by atoms with van der Waals surface area (Å²) in [4.78, 5) is 28.1. The number of hydrogen-bond acceptors (Lipinski definition) is 6. The number of halogens is 4. The predicted molar refractivity (Wildman–Crippen MR) is 153 cm³/mol. The summed E-state index contributed by atoms with van der Waals surface area (Å²) in [6.45, 7) is 1.23. The van der Waals surface area contributed by atoms with Gasteiger partial charge >= 0.3 is 0 Å². The van der Waals surface area contributed by atoms with E-state index in [4.69, 9.17) is 28.2 Å². The first-order valence-electron chi connectivity index (χ1n) is 12.5. The van der Waals surface area contributed by atoms with E-state index in [1.165, 1.54) is 30.5 Å². The summed E-state index contributed by atoms with van der Waals surface area (Å²) in [5.74, 6) is -1.30. The summed E-state index contributed by atoms with van der Waals surface area (Å²) in [6, 6.07) is 9.04. The lowest BCUT2D eigenvalue weighted by molar-refractivity contribution is 0.0577. The van der Waals surface area contributed by atoms with Gasteiger partial charge in [0.15, 0.2) is 0 Å². The van der Waals surface area contributed by atoms with Crippen molar-refractivity contribution >= 4 is 57.1 Å². The van der Waals surface area contributed by atoms with Gasteiger partial charge in [0, 0.05) is 48.4 Å². The van der Waals surface area contributed by atoms with E-state index in [2.05, 4.69) is 20.6 Å². The third-order valence-corrected chi connectivity index (χ3v) is 7.60. The van der Waals surface area contributed by atoms with E-state index in [1.54, 1.807) is 29.3 Å². The molecule has 2 N–H and O–H groups in total. The van der Waals surface area contributed by atoms with Gasteiger partial charge in [0.05, 0.1) is 21.8 Å². The van der Waals surface area contributed by atoms with Gasteiger partial charge in [-0.25, -0.2) is 23.7 Å². The molecule has 0 saturated carbocycles. The van der Waals surface area contributed by atoms with Gasteiger partial charge in [-0.1, -0.05) is 35.3 Å². The fourth-order valence-corrected chi connectivity index (χ4v) is 5.26. The minimum atomic E-state index is -0.707.